The summed E-state index contributed by atoms with van der Waals surface area (Å²) in [4.78, 5) is 5.75. The molecule has 0 bridgehead atoms. The van der Waals surface area contributed by atoms with E-state index in [1.807, 2.05) is 26.8 Å². The van der Waals surface area contributed by atoms with Crippen LogP contribution in [0.5, 0.6) is 0 Å². The van der Waals surface area contributed by atoms with Gasteiger partial charge in [-0.2, -0.15) is 0 Å². The first-order valence-corrected chi connectivity index (χ1v) is 15.3. The van der Waals surface area contributed by atoms with Crippen LogP contribution in [0.2, 0.25) is 10.2 Å². The van der Waals surface area contributed by atoms with Gasteiger partial charge in [-0.15, -0.1) is 0 Å². The van der Waals surface area contributed by atoms with Crippen molar-refractivity contribution in [3.8, 4) is 0 Å². The summed E-state index contributed by atoms with van der Waals surface area (Å²) in [6.07, 6.45) is 13.3. The molecule has 2 aliphatic carbocycles. The maximum Gasteiger partial charge on any atom is 0.148 e. The highest BCUT2D eigenvalue weighted by atomic mass is 35.5. The van der Waals surface area contributed by atoms with Gasteiger partial charge < -0.3 is 4.55 Å². The molecule has 2 aromatic rings. The lowest BCUT2D eigenvalue weighted by Crippen LogP contribution is -2.36. The summed E-state index contributed by atoms with van der Waals surface area (Å²) in [5, 5.41) is 0.756. The predicted molar refractivity (Wildman–Crippen MR) is 161 cm³/mol. The fourth-order valence-corrected chi connectivity index (χ4v) is 7.14. The highest BCUT2D eigenvalue weighted by Gasteiger charge is 2.47. The van der Waals surface area contributed by atoms with Crippen molar-refractivity contribution >= 4 is 52.0 Å². The minimum atomic E-state index is -1.28. The highest BCUT2D eigenvalue weighted by molar-refractivity contribution is 8.03. The van der Waals surface area contributed by atoms with E-state index in [9.17, 15) is 4.55 Å². The van der Waals surface area contributed by atoms with E-state index in [2.05, 4.69) is 61.0 Å². The molecule has 4 rings (SSSR count). The monoisotopic (exact) mass is 572 g/mol. The fourth-order valence-electron chi connectivity index (χ4n) is 5.24. The van der Waals surface area contributed by atoms with Gasteiger partial charge in [0.05, 0.1) is 5.02 Å². The first-order chi connectivity index (χ1) is 17.5. The van der Waals surface area contributed by atoms with Gasteiger partial charge in [-0.1, -0.05) is 82.4 Å². The van der Waals surface area contributed by atoms with Crippen LogP contribution in [0.3, 0.4) is 0 Å². The average molecular weight is 574 g/mol. The molecular weight excluding hydrogens is 539 g/mol. The minimum absolute atomic E-state index is 0.0273. The van der Waals surface area contributed by atoms with Gasteiger partial charge in [-0.05, 0) is 89.0 Å². The van der Waals surface area contributed by atoms with Crippen LogP contribution in [-0.2, 0) is 17.8 Å². The Morgan fingerprint density at radius 2 is 1.89 bits per heavy atom. The molecule has 1 spiro atoms. The Hall–Kier alpha value is -1.50. The number of pyridine rings is 1. The molecule has 1 atom stereocenters. The molecular formula is C30H34Cl2N2OS2. The molecule has 1 fully saturated rings. The SMILES string of the molecule is C=C(/C=C\C(=C/C)C1CCC2(CC1)Cc1ccccc1C2=N[S+]([O-])C(C)(C)C)Sc1ccnc(Cl)c1Cl. The van der Waals surface area contributed by atoms with Crippen LogP contribution in [0.1, 0.15) is 64.5 Å². The van der Waals surface area contributed by atoms with Gasteiger partial charge >= 0.3 is 0 Å². The number of benzene rings is 1. The molecule has 1 heterocycles. The first kappa shape index (κ1) is 28.5. The molecule has 0 amide bonds. The van der Waals surface area contributed by atoms with E-state index in [0.29, 0.717) is 16.1 Å². The van der Waals surface area contributed by atoms with Crippen LogP contribution in [0.4, 0.5) is 0 Å². The van der Waals surface area contributed by atoms with E-state index in [1.165, 1.54) is 28.5 Å². The predicted octanol–water partition coefficient (Wildman–Crippen LogP) is 9.18. The Labute approximate surface area is 238 Å². The maximum absolute atomic E-state index is 13.1. The molecule has 7 heteroatoms. The van der Waals surface area contributed by atoms with Crippen molar-refractivity contribution in [2.24, 2.45) is 15.7 Å². The summed E-state index contributed by atoms with van der Waals surface area (Å²) in [5.74, 6) is 0.474. The number of hydrogen-bond donors (Lipinski definition) is 0. The average Bonchev–Trinajstić information content (AvgIpc) is 3.15. The van der Waals surface area contributed by atoms with E-state index in [1.54, 1.807) is 6.20 Å². The smallest absolute Gasteiger partial charge is 0.148 e. The summed E-state index contributed by atoms with van der Waals surface area (Å²) in [6, 6.07) is 10.4. The van der Waals surface area contributed by atoms with Crippen molar-refractivity contribution in [3.63, 3.8) is 0 Å². The zero-order valence-electron chi connectivity index (χ0n) is 21.9. The first-order valence-electron chi connectivity index (χ1n) is 12.6. The number of allylic oxidation sites excluding steroid dienone is 4. The third kappa shape index (κ3) is 6.39. The summed E-state index contributed by atoms with van der Waals surface area (Å²) >= 11 is 12.6. The number of thioether (sulfide) groups is 1. The second kappa shape index (κ2) is 11.7. The number of aromatic nitrogens is 1. The second-order valence-corrected chi connectivity index (χ2v) is 14.6. The molecule has 1 aromatic heterocycles. The number of rotatable bonds is 6. The van der Waals surface area contributed by atoms with Gasteiger partial charge in [0.25, 0.3) is 0 Å². The van der Waals surface area contributed by atoms with Crippen LogP contribution in [-0.4, -0.2) is 20.0 Å². The molecule has 1 saturated carbocycles. The number of nitrogens with zero attached hydrogens (tertiary/aromatic N) is 2. The van der Waals surface area contributed by atoms with Crippen LogP contribution < -0.4 is 0 Å². The van der Waals surface area contributed by atoms with Gasteiger partial charge in [0, 0.05) is 27.0 Å². The van der Waals surface area contributed by atoms with E-state index in [0.717, 1.165) is 47.6 Å². The molecule has 1 unspecified atom stereocenters. The molecule has 196 valence electrons. The molecule has 1 aromatic carbocycles. The third-order valence-corrected chi connectivity index (χ3v) is 10.5. The molecule has 0 radical (unpaired) electrons. The lowest BCUT2D eigenvalue weighted by molar-refractivity contribution is 0.249. The van der Waals surface area contributed by atoms with E-state index in [4.69, 9.17) is 27.6 Å². The van der Waals surface area contributed by atoms with Gasteiger partial charge in [-0.3, -0.25) is 0 Å². The van der Waals surface area contributed by atoms with Gasteiger partial charge in [0.1, 0.15) is 27.0 Å². The molecule has 0 saturated heterocycles. The Morgan fingerprint density at radius 3 is 2.57 bits per heavy atom. The van der Waals surface area contributed by atoms with Crippen molar-refractivity contribution in [3.05, 3.63) is 93.1 Å². The van der Waals surface area contributed by atoms with Crippen LogP contribution in [0, 0.1) is 11.3 Å². The van der Waals surface area contributed by atoms with Gasteiger partial charge in [0.2, 0.25) is 0 Å². The quantitative estimate of drug-likeness (QED) is 0.150. The zero-order valence-corrected chi connectivity index (χ0v) is 25.0. The van der Waals surface area contributed by atoms with Crippen molar-refractivity contribution < 1.29 is 4.55 Å². The van der Waals surface area contributed by atoms with Crippen molar-refractivity contribution in [1.29, 1.82) is 0 Å². The Kier molecular flexibility index (Phi) is 9.02. The lowest BCUT2D eigenvalue weighted by atomic mass is 9.66. The van der Waals surface area contributed by atoms with E-state index in [-0.39, 0.29) is 10.2 Å². The van der Waals surface area contributed by atoms with Crippen molar-refractivity contribution in [2.75, 3.05) is 0 Å². The normalized spacial score (nSPS) is 24.1. The van der Waals surface area contributed by atoms with E-state index < -0.39 is 11.4 Å². The topological polar surface area (TPSA) is 48.3 Å². The number of halogens is 2. The lowest BCUT2D eigenvalue weighted by Gasteiger charge is -2.38. The number of fused-ring (bicyclic) bond motifs is 1. The second-order valence-electron chi connectivity index (χ2n) is 10.8. The fraction of sp³-hybridized carbons (Fsp3) is 0.400. The highest BCUT2D eigenvalue weighted by Crippen LogP contribution is 2.51. The Morgan fingerprint density at radius 1 is 1.19 bits per heavy atom. The largest absolute Gasteiger partial charge is 0.591 e. The van der Waals surface area contributed by atoms with Gasteiger partial charge in [0.15, 0.2) is 0 Å². The summed E-state index contributed by atoms with van der Waals surface area (Å²) in [7, 11) is 0. The van der Waals surface area contributed by atoms with Crippen LogP contribution >= 0.6 is 35.0 Å². The summed E-state index contributed by atoms with van der Waals surface area (Å²) in [6.45, 7) is 12.3. The summed E-state index contributed by atoms with van der Waals surface area (Å²) < 4.78 is 17.6. The Balaban J connectivity index is 1.47. The standard InChI is InChI=1S/C30H34Cl2N2OS2/c1-6-21(12-11-20(2)36-25-15-18-33-28(32)26(25)31)22-13-16-30(17-14-22)19-23-9-7-8-10-24(23)27(30)34-37(35)29(3,4)5/h6-12,15,18,22H,2,13-14,16-17,19H2,1,3-5H3/b12-11-,21-6+,34-27?. The van der Waals surface area contributed by atoms with Crippen LogP contribution in [0.25, 0.3) is 0 Å². The van der Waals surface area contributed by atoms with E-state index >= 15 is 0 Å². The molecule has 3 nitrogen and oxygen atoms in total. The van der Waals surface area contributed by atoms with Crippen LogP contribution in [0.15, 0.2) is 81.1 Å². The Bertz CT molecular complexity index is 1250. The van der Waals surface area contributed by atoms with Crippen molar-refractivity contribution in [2.45, 2.75) is 69.4 Å². The summed E-state index contributed by atoms with van der Waals surface area (Å²) in [5.41, 5.74) is 4.88. The zero-order chi connectivity index (χ0) is 26.8. The molecule has 2 aliphatic rings. The molecule has 37 heavy (non-hydrogen) atoms. The maximum atomic E-state index is 13.1. The molecule has 0 N–H and O–H groups in total. The third-order valence-electron chi connectivity index (χ3n) is 7.26. The minimum Gasteiger partial charge on any atom is -0.591 e. The molecule has 0 aliphatic heterocycles. The number of hydrogen-bond acceptors (Lipinski definition) is 4. The van der Waals surface area contributed by atoms with Gasteiger partial charge in [-0.25, -0.2) is 4.98 Å². The van der Waals surface area contributed by atoms with Crippen molar-refractivity contribution in [1.82, 2.24) is 4.98 Å².